The summed E-state index contributed by atoms with van der Waals surface area (Å²) < 4.78 is 63.4. The van der Waals surface area contributed by atoms with Gasteiger partial charge in [0.25, 0.3) is 20.2 Å². The number of hydrogen-bond acceptors (Lipinski definition) is 13. The first-order chi connectivity index (χ1) is 17.7. The van der Waals surface area contributed by atoms with Crippen molar-refractivity contribution in [1.29, 1.82) is 5.26 Å². The second-order valence-electron chi connectivity index (χ2n) is 7.85. The molecule has 0 saturated carbocycles. The lowest BCUT2D eigenvalue weighted by Gasteiger charge is -2.22. The van der Waals surface area contributed by atoms with E-state index in [1.807, 2.05) is 6.07 Å². The zero-order valence-electron chi connectivity index (χ0n) is 19.9. The largest absolute Gasteiger partial charge is 0.478 e. The van der Waals surface area contributed by atoms with Gasteiger partial charge in [0, 0.05) is 25.7 Å². The molecule has 0 aliphatic carbocycles. The van der Waals surface area contributed by atoms with Crippen LogP contribution in [0.15, 0.2) is 28.4 Å². The Bertz CT molecular complexity index is 1680. The summed E-state index contributed by atoms with van der Waals surface area (Å²) in [5.41, 5.74) is 0.902. The topological polar surface area (TPSA) is 236 Å². The molecule has 0 unspecified atom stereocenters. The number of carboxylic acids is 1. The Labute approximate surface area is 221 Å². The van der Waals surface area contributed by atoms with Gasteiger partial charge in [-0.2, -0.15) is 22.1 Å². The third kappa shape index (κ3) is 7.39. The number of carbonyl (C=O) groups is 1. The number of aromatic nitrogens is 2. The molecular weight excluding hydrogens is 562 g/mol. The first-order valence-electron chi connectivity index (χ1n) is 10.5. The van der Waals surface area contributed by atoms with E-state index in [2.05, 4.69) is 25.5 Å². The maximum absolute atomic E-state index is 11.3. The van der Waals surface area contributed by atoms with E-state index in [0.717, 1.165) is 11.3 Å². The van der Waals surface area contributed by atoms with Crippen molar-refractivity contribution in [3.05, 3.63) is 34.9 Å². The van der Waals surface area contributed by atoms with Gasteiger partial charge in [0.1, 0.15) is 17.6 Å². The van der Waals surface area contributed by atoms with Gasteiger partial charge >= 0.3 is 5.97 Å². The van der Waals surface area contributed by atoms with E-state index in [-0.39, 0.29) is 52.2 Å². The van der Waals surface area contributed by atoms with E-state index in [9.17, 15) is 32.0 Å². The normalized spacial score (nSPS) is 12.1. The molecule has 0 saturated heterocycles. The fraction of sp³-hybridized carbons (Fsp3) is 0.300. The Hall–Kier alpha value is -3.76. The quantitative estimate of drug-likeness (QED) is 0.188. The monoisotopic (exact) mass is 583 g/mol. The van der Waals surface area contributed by atoms with Crippen molar-refractivity contribution in [3.8, 4) is 6.07 Å². The second kappa shape index (κ2) is 11.3. The minimum atomic E-state index is -4.32. The molecule has 1 aromatic carbocycles. The summed E-state index contributed by atoms with van der Waals surface area (Å²) in [6, 6.07) is 6.31. The highest BCUT2D eigenvalue weighted by Gasteiger charge is 2.21. The highest BCUT2D eigenvalue weighted by atomic mass is 32.2. The number of azo groups is 1. The van der Waals surface area contributed by atoms with Gasteiger partial charge in [0.15, 0.2) is 5.82 Å². The van der Waals surface area contributed by atoms with Gasteiger partial charge in [-0.25, -0.2) is 14.8 Å². The summed E-state index contributed by atoms with van der Waals surface area (Å²) >= 11 is 1.07. The molecule has 202 valence electrons. The van der Waals surface area contributed by atoms with Gasteiger partial charge in [0.2, 0.25) is 5.13 Å². The van der Waals surface area contributed by atoms with Crippen LogP contribution in [-0.4, -0.2) is 78.6 Å². The molecule has 2 heterocycles. The number of rotatable bonds is 11. The smallest absolute Gasteiger partial charge is 0.335 e. The minimum absolute atomic E-state index is 0.00313. The fourth-order valence-corrected chi connectivity index (χ4v) is 4.86. The number of nitrogens with one attached hydrogen (secondary N) is 1. The molecular formula is C20H21N7O8S3. The van der Waals surface area contributed by atoms with Crippen LogP contribution in [0.3, 0.4) is 0 Å². The number of aromatic carboxylic acids is 1. The van der Waals surface area contributed by atoms with Crippen molar-refractivity contribution in [3.63, 3.8) is 0 Å². The maximum Gasteiger partial charge on any atom is 0.335 e. The van der Waals surface area contributed by atoms with Crippen molar-refractivity contribution in [2.75, 3.05) is 41.9 Å². The van der Waals surface area contributed by atoms with Crippen LogP contribution < -0.4 is 10.2 Å². The Morgan fingerprint density at radius 3 is 2.45 bits per heavy atom. The fourth-order valence-electron chi connectivity index (χ4n) is 3.17. The Morgan fingerprint density at radius 1 is 1.16 bits per heavy atom. The first kappa shape index (κ1) is 28.8. The molecule has 18 heteroatoms. The summed E-state index contributed by atoms with van der Waals surface area (Å²) in [5, 5.41) is 30.0. The zero-order chi connectivity index (χ0) is 28.3. The third-order valence-corrected chi connectivity index (χ3v) is 7.39. The number of anilines is 2. The average Bonchev–Trinajstić information content (AvgIpc) is 3.22. The molecule has 38 heavy (non-hydrogen) atoms. The summed E-state index contributed by atoms with van der Waals surface area (Å²) in [6.07, 6.45) is 0. The predicted molar refractivity (Wildman–Crippen MR) is 139 cm³/mol. The number of nitrogens with zero attached hydrogens (tertiary/aromatic N) is 6. The zero-order valence-corrected chi connectivity index (χ0v) is 22.3. The molecule has 0 spiro atoms. The molecule has 15 nitrogen and oxygen atoms in total. The van der Waals surface area contributed by atoms with E-state index in [1.54, 1.807) is 0 Å². The van der Waals surface area contributed by atoms with Crippen molar-refractivity contribution < 1.29 is 35.8 Å². The Morgan fingerprint density at radius 2 is 1.84 bits per heavy atom. The molecule has 0 bridgehead atoms. The standard InChI is InChI=1S/C20H21N7O8S3/c1-11-13(10-21)17(22-5-7-37(30,31)32)24-18(27(2)6-8-38(33,34)35)16(11)25-26-20-23-14-4-3-12(19(28)29)9-15(14)36-20/h3-4,9H,5-8H2,1-2H3,(H,22,24)(H,28,29)(H,30,31,32)(H,33,34,35). The van der Waals surface area contributed by atoms with Gasteiger partial charge < -0.3 is 15.3 Å². The van der Waals surface area contributed by atoms with Crippen LogP contribution in [0.2, 0.25) is 0 Å². The van der Waals surface area contributed by atoms with Crippen LogP contribution in [0.5, 0.6) is 0 Å². The lowest BCUT2D eigenvalue weighted by atomic mass is 10.1. The first-order valence-corrected chi connectivity index (χ1v) is 14.6. The lowest BCUT2D eigenvalue weighted by molar-refractivity contribution is 0.0697. The third-order valence-electron chi connectivity index (χ3n) is 5.07. The number of pyridine rings is 1. The van der Waals surface area contributed by atoms with Gasteiger partial charge in [-0.3, -0.25) is 9.11 Å². The molecule has 0 aliphatic rings. The number of thiazole rings is 1. The van der Waals surface area contributed by atoms with Crippen LogP contribution in [0.25, 0.3) is 10.2 Å². The number of hydrogen-bond donors (Lipinski definition) is 4. The van der Waals surface area contributed by atoms with E-state index in [4.69, 9.17) is 9.11 Å². The summed E-state index contributed by atoms with van der Waals surface area (Å²) in [6.45, 7) is 1.03. The molecule has 0 atom stereocenters. The van der Waals surface area contributed by atoms with Crippen LogP contribution in [0.4, 0.5) is 22.5 Å². The SMILES string of the molecule is Cc1c(C#N)c(NCCS(=O)(=O)O)nc(N(C)CCS(=O)(=O)O)c1N=Nc1nc2ccc(C(=O)O)cc2s1. The molecule has 0 fully saturated rings. The van der Waals surface area contributed by atoms with E-state index in [1.165, 1.54) is 37.1 Å². The van der Waals surface area contributed by atoms with Crippen molar-refractivity contribution >= 4 is 70.2 Å². The molecule has 4 N–H and O–H groups in total. The Kier molecular flexibility index (Phi) is 8.58. The number of carboxylic acid groups (broad SMARTS) is 1. The summed E-state index contributed by atoms with van der Waals surface area (Å²) in [5.74, 6) is -2.39. The Balaban J connectivity index is 2.06. The van der Waals surface area contributed by atoms with Crippen LogP contribution in [0.1, 0.15) is 21.5 Å². The van der Waals surface area contributed by atoms with E-state index in [0.29, 0.717) is 10.2 Å². The minimum Gasteiger partial charge on any atom is -0.478 e. The van der Waals surface area contributed by atoms with Gasteiger partial charge in [-0.1, -0.05) is 11.3 Å². The molecule has 3 aromatic rings. The maximum atomic E-state index is 11.3. The van der Waals surface area contributed by atoms with Crippen LogP contribution in [0, 0.1) is 18.3 Å². The van der Waals surface area contributed by atoms with Crippen molar-refractivity contribution in [2.45, 2.75) is 6.92 Å². The predicted octanol–water partition coefficient (Wildman–Crippen LogP) is 2.61. The van der Waals surface area contributed by atoms with Crippen LogP contribution in [-0.2, 0) is 20.2 Å². The van der Waals surface area contributed by atoms with Gasteiger partial charge in [-0.15, -0.1) is 10.2 Å². The highest BCUT2D eigenvalue weighted by molar-refractivity contribution is 7.86. The molecule has 0 amide bonds. The highest BCUT2D eigenvalue weighted by Crippen LogP contribution is 2.37. The molecule has 2 aromatic heterocycles. The summed E-state index contributed by atoms with van der Waals surface area (Å²) in [4.78, 5) is 21.2. The van der Waals surface area contributed by atoms with Crippen molar-refractivity contribution in [2.24, 2.45) is 10.2 Å². The van der Waals surface area contributed by atoms with E-state index >= 15 is 0 Å². The second-order valence-corrected chi connectivity index (χ2v) is 12.0. The number of nitriles is 1. The van der Waals surface area contributed by atoms with Gasteiger partial charge in [0.05, 0.1) is 32.8 Å². The summed E-state index contributed by atoms with van der Waals surface area (Å²) in [7, 11) is -7.15. The average molecular weight is 584 g/mol. The molecule has 3 rings (SSSR count). The number of benzene rings is 1. The molecule has 0 aliphatic heterocycles. The van der Waals surface area contributed by atoms with Crippen molar-refractivity contribution in [1.82, 2.24) is 9.97 Å². The van der Waals surface area contributed by atoms with Gasteiger partial charge in [-0.05, 0) is 25.1 Å². The molecule has 0 radical (unpaired) electrons. The van der Waals surface area contributed by atoms with Crippen LogP contribution >= 0.6 is 11.3 Å². The number of fused-ring (bicyclic) bond motifs is 1. The van der Waals surface area contributed by atoms with E-state index < -0.39 is 37.7 Å². The lowest BCUT2D eigenvalue weighted by Crippen LogP contribution is -2.26.